The van der Waals surface area contributed by atoms with Gasteiger partial charge in [0.1, 0.15) is 0 Å². The van der Waals surface area contributed by atoms with Crippen LogP contribution in [0.15, 0.2) is 39.6 Å². The van der Waals surface area contributed by atoms with Crippen molar-refractivity contribution in [3.63, 3.8) is 0 Å². The van der Waals surface area contributed by atoms with Crippen LogP contribution in [-0.2, 0) is 0 Å². The summed E-state index contributed by atoms with van der Waals surface area (Å²) in [4.78, 5) is 18.1. The molecule has 3 nitrogen and oxygen atoms in total. The first-order valence-corrected chi connectivity index (χ1v) is 7.20. The topological polar surface area (TPSA) is 36.1 Å². The van der Waals surface area contributed by atoms with E-state index in [4.69, 9.17) is 0 Å². The smallest absolute Gasteiger partial charge is 0.197 e. The van der Waals surface area contributed by atoms with E-state index in [9.17, 15) is 4.79 Å². The maximum absolute atomic E-state index is 12.6. The number of aromatic amines is 1. The molecule has 102 valence electrons. The molecule has 1 heterocycles. The minimum Gasteiger partial charge on any atom is -0.376 e. The summed E-state index contributed by atoms with van der Waals surface area (Å²) >= 11 is 3.45. The predicted molar refractivity (Wildman–Crippen MR) is 88.8 cm³/mol. The number of aromatic nitrogens is 1. The number of hydrogen-bond acceptors (Lipinski definition) is 2. The van der Waals surface area contributed by atoms with Gasteiger partial charge in [-0.1, -0.05) is 22.0 Å². The molecular formula is C16H15BrN2O. The predicted octanol–water partition coefficient (Wildman–Crippen LogP) is 3.82. The van der Waals surface area contributed by atoms with Gasteiger partial charge in [0.2, 0.25) is 0 Å². The van der Waals surface area contributed by atoms with E-state index in [0.717, 1.165) is 32.1 Å². The van der Waals surface area contributed by atoms with Crippen molar-refractivity contribution < 1.29 is 0 Å². The molecule has 1 aromatic heterocycles. The van der Waals surface area contributed by atoms with Gasteiger partial charge in [0.15, 0.2) is 5.43 Å². The van der Waals surface area contributed by atoms with Crippen molar-refractivity contribution >= 4 is 43.4 Å². The van der Waals surface area contributed by atoms with Crippen molar-refractivity contribution in [2.45, 2.75) is 6.92 Å². The van der Waals surface area contributed by atoms with Gasteiger partial charge in [-0.25, -0.2) is 0 Å². The third-order valence-electron chi connectivity index (χ3n) is 3.56. The number of nitrogens with zero attached hydrogens (tertiary/aromatic N) is 1. The second-order valence-electron chi connectivity index (χ2n) is 5.19. The van der Waals surface area contributed by atoms with Crippen LogP contribution in [0.25, 0.3) is 21.8 Å². The Balaban J connectivity index is 2.57. The Morgan fingerprint density at radius 2 is 1.80 bits per heavy atom. The second kappa shape index (κ2) is 4.63. The van der Waals surface area contributed by atoms with E-state index < -0.39 is 0 Å². The third kappa shape index (κ3) is 1.91. The van der Waals surface area contributed by atoms with Gasteiger partial charge in [0.05, 0.1) is 16.7 Å². The first-order chi connectivity index (χ1) is 9.49. The standard InChI is InChI=1S/C16H15BrN2O/c1-9-4-6-12-14(15(9)19(2)3)18-13-8-10(17)5-7-11(13)16(12)20/h4-8H,1-3H3,(H,18,20). The SMILES string of the molecule is Cc1ccc2c(=O)c3ccc(Br)cc3[nH]c2c1N(C)C. The molecule has 4 heteroatoms. The molecule has 0 unspecified atom stereocenters. The summed E-state index contributed by atoms with van der Waals surface area (Å²) in [5.41, 5.74) is 4.02. The van der Waals surface area contributed by atoms with E-state index in [1.165, 1.54) is 0 Å². The molecule has 0 saturated carbocycles. The number of benzene rings is 2. The molecule has 0 atom stereocenters. The van der Waals surface area contributed by atoms with Gasteiger partial charge in [0, 0.05) is 29.3 Å². The van der Waals surface area contributed by atoms with Crippen LogP contribution in [0.1, 0.15) is 5.56 Å². The molecule has 0 aliphatic rings. The molecule has 1 N–H and O–H groups in total. The monoisotopic (exact) mass is 330 g/mol. The highest BCUT2D eigenvalue weighted by molar-refractivity contribution is 9.10. The Morgan fingerprint density at radius 3 is 2.50 bits per heavy atom. The van der Waals surface area contributed by atoms with Crippen molar-refractivity contribution in [1.29, 1.82) is 0 Å². The number of hydrogen-bond donors (Lipinski definition) is 1. The van der Waals surface area contributed by atoms with Gasteiger partial charge in [-0.05, 0) is 36.8 Å². The molecule has 0 amide bonds. The van der Waals surface area contributed by atoms with Crippen molar-refractivity contribution in [3.8, 4) is 0 Å². The summed E-state index contributed by atoms with van der Waals surface area (Å²) in [5.74, 6) is 0. The molecule has 0 fully saturated rings. The molecule has 0 aliphatic carbocycles. The van der Waals surface area contributed by atoms with Gasteiger partial charge < -0.3 is 9.88 Å². The summed E-state index contributed by atoms with van der Waals surface area (Å²) in [5, 5.41) is 1.45. The minimum absolute atomic E-state index is 0.0735. The third-order valence-corrected chi connectivity index (χ3v) is 4.05. The normalized spacial score (nSPS) is 11.2. The zero-order valence-electron chi connectivity index (χ0n) is 11.6. The Morgan fingerprint density at radius 1 is 1.10 bits per heavy atom. The summed E-state index contributed by atoms with van der Waals surface area (Å²) < 4.78 is 0.957. The van der Waals surface area contributed by atoms with E-state index in [2.05, 4.69) is 27.8 Å². The lowest BCUT2D eigenvalue weighted by Gasteiger charge is -2.18. The fourth-order valence-electron chi connectivity index (χ4n) is 2.69. The zero-order valence-corrected chi connectivity index (χ0v) is 13.2. The summed E-state index contributed by atoms with van der Waals surface area (Å²) in [7, 11) is 3.98. The van der Waals surface area contributed by atoms with Gasteiger partial charge >= 0.3 is 0 Å². The van der Waals surface area contributed by atoms with E-state index in [0.29, 0.717) is 5.39 Å². The summed E-state index contributed by atoms with van der Waals surface area (Å²) in [6.07, 6.45) is 0. The van der Waals surface area contributed by atoms with E-state index in [1.807, 2.05) is 49.3 Å². The minimum atomic E-state index is 0.0735. The van der Waals surface area contributed by atoms with Gasteiger partial charge in [0.25, 0.3) is 0 Å². The Bertz CT molecular complexity index is 881. The van der Waals surface area contributed by atoms with Crippen molar-refractivity contribution in [2.75, 3.05) is 19.0 Å². The lowest BCUT2D eigenvalue weighted by Crippen LogP contribution is -2.13. The number of nitrogens with one attached hydrogen (secondary N) is 1. The molecule has 0 radical (unpaired) electrons. The van der Waals surface area contributed by atoms with Crippen molar-refractivity contribution in [3.05, 3.63) is 50.6 Å². The van der Waals surface area contributed by atoms with Crippen molar-refractivity contribution in [2.24, 2.45) is 0 Å². The van der Waals surface area contributed by atoms with E-state index >= 15 is 0 Å². The Labute approximate surface area is 125 Å². The first kappa shape index (κ1) is 13.2. The largest absolute Gasteiger partial charge is 0.376 e. The van der Waals surface area contributed by atoms with Crippen LogP contribution < -0.4 is 10.3 Å². The van der Waals surface area contributed by atoms with Gasteiger partial charge in [-0.2, -0.15) is 0 Å². The quantitative estimate of drug-likeness (QED) is 0.688. The van der Waals surface area contributed by atoms with Crippen LogP contribution in [0.3, 0.4) is 0 Å². The molecule has 0 bridgehead atoms. The first-order valence-electron chi connectivity index (χ1n) is 6.41. The molecule has 2 aromatic carbocycles. The number of anilines is 1. The number of H-pyrrole nitrogens is 1. The highest BCUT2D eigenvalue weighted by Gasteiger charge is 2.12. The van der Waals surface area contributed by atoms with Crippen LogP contribution in [0, 0.1) is 6.92 Å². The summed E-state index contributed by atoms with van der Waals surface area (Å²) in [6, 6.07) is 9.59. The average Bonchev–Trinajstić information content (AvgIpc) is 2.37. The fourth-order valence-corrected chi connectivity index (χ4v) is 3.05. The second-order valence-corrected chi connectivity index (χ2v) is 6.11. The number of aryl methyl sites for hydroxylation is 1. The number of fused-ring (bicyclic) bond motifs is 2. The van der Waals surface area contributed by atoms with Gasteiger partial charge in [-0.3, -0.25) is 4.79 Å². The Hall–Kier alpha value is -1.81. The maximum atomic E-state index is 12.6. The highest BCUT2D eigenvalue weighted by atomic mass is 79.9. The average molecular weight is 331 g/mol. The van der Waals surface area contributed by atoms with Crippen LogP contribution >= 0.6 is 15.9 Å². The molecular weight excluding hydrogens is 316 g/mol. The number of halogens is 1. The fraction of sp³-hybridized carbons (Fsp3) is 0.188. The zero-order chi connectivity index (χ0) is 14.4. The molecule has 3 rings (SSSR count). The molecule has 0 aliphatic heterocycles. The lowest BCUT2D eigenvalue weighted by molar-refractivity contribution is 1.12. The van der Waals surface area contributed by atoms with Crippen LogP contribution in [0.4, 0.5) is 5.69 Å². The lowest BCUT2D eigenvalue weighted by atomic mass is 10.1. The van der Waals surface area contributed by atoms with Gasteiger partial charge in [-0.15, -0.1) is 0 Å². The Kier molecular flexibility index (Phi) is 3.05. The molecule has 0 saturated heterocycles. The number of pyridine rings is 1. The van der Waals surface area contributed by atoms with Crippen LogP contribution in [0.5, 0.6) is 0 Å². The molecule has 3 aromatic rings. The number of rotatable bonds is 1. The maximum Gasteiger partial charge on any atom is 0.197 e. The summed E-state index contributed by atoms with van der Waals surface area (Å²) in [6.45, 7) is 2.05. The van der Waals surface area contributed by atoms with E-state index in [-0.39, 0.29) is 5.43 Å². The van der Waals surface area contributed by atoms with Crippen LogP contribution in [0.2, 0.25) is 0 Å². The molecule has 0 spiro atoms. The highest BCUT2D eigenvalue weighted by Crippen LogP contribution is 2.28. The van der Waals surface area contributed by atoms with Crippen LogP contribution in [-0.4, -0.2) is 19.1 Å². The van der Waals surface area contributed by atoms with Crippen molar-refractivity contribution in [1.82, 2.24) is 4.98 Å². The van der Waals surface area contributed by atoms with E-state index in [1.54, 1.807) is 0 Å². The molecule has 20 heavy (non-hydrogen) atoms.